The van der Waals surface area contributed by atoms with Crippen molar-refractivity contribution in [3.05, 3.63) is 51.5 Å². The fraction of sp³-hybridized carbons (Fsp3) is 0.400. The minimum atomic E-state index is 0.149. The highest BCUT2D eigenvalue weighted by atomic mass is 32.1. The van der Waals surface area contributed by atoms with Gasteiger partial charge in [0.1, 0.15) is 5.01 Å². The highest BCUT2D eigenvalue weighted by Crippen LogP contribution is 2.26. The normalized spacial score (nSPS) is 12.6. The average Bonchev–Trinajstić information content (AvgIpc) is 2.89. The summed E-state index contributed by atoms with van der Waals surface area (Å²) < 4.78 is 5.12. The van der Waals surface area contributed by atoms with Crippen LogP contribution in [0.15, 0.2) is 29.8 Å². The maximum atomic E-state index is 5.12. The quantitative estimate of drug-likeness (QED) is 0.823. The molecule has 1 atom stereocenters. The molecular formula is C15H20N2OS. The van der Waals surface area contributed by atoms with E-state index in [1.165, 1.54) is 16.7 Å². The minimum absolute atomic E-state index is 0.149. The molecule has 1 unspecified atom stereocenters. The topological polar surface area (TPSA) is 34.1 Å². The van der Waals surface area contributed by atoms with Gasteiger partial charge in [0.2, 0.25) is 0 Å². The SMILES string of the molecule is COCCNC(c1nccs1)c1ccc(C)cc1C. The van der Waals surface area contributed by atoms with Gasteiger partial charge in [-0.15, -0.1) is 11.3 Å². The Morgan fingerprint density at radius 3 is 2.84 bits per heavy atom. The van der Waals surface area contributed by atoms with Crippen LogP contribution in [0.1, 0.15) is 27.7 Å². The Morgan fingerprint density at radius 1 is 1.37 bits per heavy atom. The molecule has 0 fully saturated rings. The summed E-state index contributed by atoms with van der Waals surface area (Å²) in [5, 5.41) is 6.64. The molecule has 0 spiro atoms. The van der Waals surface area contributed by atoms with E-state index in [0.717, 1.165) is 11.6 Å². The van der Waals surface area contributed by atoms with Crippen LogP contribution >= 0.6 is 11.3 Å². The summed E-state index contributed by atoms with van der Waals surface area (Å²) in [5.74, 6) is 0. The first kappa shape index (κ1) is 14.2. The van der Waals surface area contributed by atoms with Gasteiger partial charge in [-0.2, -0.15) is 0 Å². The van der Waals surface area contributed by atoms with E-state index in [1.807, 2.05) is 11.6 Å². The van der Waals surface area contributed by atoms with Crippen molar-refractivity contribution in [2.45, 2.75) is 19.9 Å². The van der Waals surface area contributed by atoms with E-state index in [-0.39, 0.29) is 6.04 Å². The van der Waals surface area contributed by atoms with Crippen LogP contribution in [0.4, 0.5) is 0 Å². The van der Waals surface area contributed by atoms with Gasteiger partial charge in [-0.1, -0.05) is 23.8 Å². The molecule has 19 heavy (non-hydrogen) atoms. The highest BCUT2D eigenvalue weighted by molar-refractivity contribution is 7.09. The van der Waals surface area contributed by atoms with Crippen molar-refractivity contribution in [1.29, 1.82) is 0 Å². The fourth-order valence-electron chi connectivity index (χ4n) is 2.16. The molecule has 1 aromatic heterocycles. The molecule has 0 bridgehead atoms. The van der Waals surface area contributed by atoms with Crippen LogP contribution in [-0.2, 0) is 4.74 Å². The predicted molar refractivity (Wildman–Crippen MR) is 79.8 cm³/mol. The van der Waals surface area contributed by atoms with Crippen LogP contribution in [0.25, 0.3) is 0 Å². The summed E-state index contributed by atoms with van der Waals surface area (Å²) in [6, 6.07) is 6.71. The number of hydrogen-bond donors (Lipinski definition) is 1. The monoisotopic (exact) mass is 276 g/mol. The van der Waals surface area contributed by atoms with Crippen molar-refractivity contribution < 1.29 is 4.74 Å². The number of methoxy groups -OCH3 is 1. The van der Waals surface area contributed by atoms with Gasteiger partial charge in [0.25, 0.3) is 0 Å². The molecule has 2 aromatic rings. The Hall–Kier alpha value is -1.23. The fourth-order valence-corrected chi connectivity index (χ4v) is 2.89. The van der Waals surface area contributed by atoms with E-state index in [2.05, 4.69) is 42.3 Å². The maximum Gasteiger partial charge on any atom is 0.114 e. The number of nitrogens with zero attached hydrogens (tertiary/aromatic N) is 1. The summed E-state index contributed by atoms with van der Waals surface area (Å²) in [4.78, 5) is 4.45. The van der Waals surface area contributed by atoms with Crippen molar-refractivity contribution in [2.24, 2.45) is 0 Å². The Labute approximate surface area is 118 Å². The number of thiazole rings is 1. The Kier molecular flexibility index (Phi) is 5.07. The van der Waals surface area contributed by atoms with Gasteiger partial charge in [0.15, 0.2) is 0 Å². The molecule has 1 heterocycles. The van der Waals surface area contributed by atoms with Crippen molar-refractivity contribution in [2.75, 3.05) is 20.3 Å². The van der Waals surface area contributed by atoms with E-state index >= 15 is 0 Å². The van der Waals surface area contributed by atoms with Crippen LogP contribution in [0.5, 0.6) is 0 Å². The van der Waals surface area contributed by atoms with Gasteiger partial charge in [-0.25, -0.2) is 4.98 Å². The lowest BCUT2D eigenvalue weighted by Crippen LogP contribution is -2.26. The molecule has 0 saturated heterocycles. The number of aromatic nitrogens is 1. The predicted octanol–water partition coefficient (Wildman–Crippen LogP) is 3.09. The smallest absolute Gasteiger partial charge is 0.114 e. The second-order valence-electron chi connectivity index (χ2n) is 4.61. The number of aryl methyl sites for hydroxylation is 2. The van der Waals surface area contributed by atoms with Crippen molar-refractivity contribution >= 4 is 11.3 Å². The lowest BCUT2D eigenvalue weighted by atomic mass is 9.99. The van der Waals surface area contributed by atoms with E-state index in [9.17, 15) is 0 Å². The van der Waals surface area contributed by atoms with E-state index in [1.54, 1.807) is 18.4 Å². The Morgan fingerprint density at radius 2 is 2.21 bits per heavy atom. The largest absolute Gasteiger partial charge is 0.383 e. The standard InChI is InChI=1S/C15H20N2OS/c1-11-4-5-13(12(2)10-11)14(16-6-8-18-3)15-17-7-9-19-15/h4-5,7,9-10,14,16H,6,8H2,1-3H3. The van der Waals surface area contributed by atoms with Gasteiger partial charge in [0.05, 0.1) is 12.6 Å². The van der Waals surface area contributed by atoms with Crippen LogP contribution in [-0.4, -0.2) is 25.2 Å². The number of nitrogens with one attached hydrogen (secondary N) is 1. The molecule has 0 amide bonds. The first-order valence-corrected chi connectivity index (χ1v) is 7.29. The van der Waals surface area contributed by atoms with Crippen molar-refractivity contribution in [3.8, 4) is 0 Å². The van der Waals surface area contributed by atoms with E-state index < -0.39 is 0 Å². The van der Waals surface area contributed by atoms with Crippen LogP contribution < -0.4 is 5.32 Å². The maximum absolute atomic E-state index is 5.12. The molecule has 1 N–H and O–H groups in total. The second-order valence-corrected chi connectivity index (χ2v) is 5.54. The van der Waals surface area contributed by atoms with Crippen LogP contribution in [0, 0.1) is 13.8 Å². The van der Waals surface area contributed by atoms with Gasteiger partial charge < -0.3 is 10.1 Å². The third kappa shape index (κ3) is 3.62. The molecule has 1 aromatic carbocycles. The van der Waals surface area contributed by atoms with Gasteiger partial charge in [-0.3, -0.25) is 0 Å². The molecule has 4 heteroatoms. The molecule has 102 valence electrons. The number of rotatable bonds is 6. The number of benzene rings is 1. The van der Waals surface area contributed by atoms with Crippen LogP contribution in [0.2, 0.25) is 0 Å². The Balaban J connectivity index is 2.26. The molecule has 0 aliphatic carbocycles. The highest BCUT2D eigenvalue weighted by Gasteiger charge is 2.17. The van der Waals surface area contributed by atoms with E-state index in [0.29, 0.717) is 6.61 Å². The van der Waals surface area contributed by atoms with Crippen LogP contribution in [0.3, 0.4) is 0 Å². The molecular weight excluding hydrogens is 256 g/mol. The second kappa shape index (κ2) is 6.80. The first-order valence-electron chi connectivity index (χ1n) is 6.41. The molecule has 0 radical (unpaired) electrons. The summed E-state index contributed by atoms with van der Waals surface area (Å²) in [5.41, 5.74) is 3.87. The average molecular weight is 276 g/mol. The molecule has 0 aliphatic rings. The van der Waals surface area contributed by atoms with Gasteiger partial charge in [-0.05, 0) is 25.0 Å². The lowest BCUT2D eigenvalue weighted by molar-refractivity contribution is 0.197. The number of ether oxygens (including phenoxy) is 1. The summed E-state index contributed by atoms with van der Waals surface area (Å²) in [6.45, 7) is 5.79. The molecule has 0 aliphatic heterocycles. The van der Waals surface area contributed by atoms with Gasteiger partial charge in [0, 0.05) is 25.2 Å². The zero-order valence-corrected chi connectivity index (χ0v) is 12.5. The van der Waals surface area contributed by atoms with Crippen molar-refractivity contribution in [3.63, 3.8) is 0 Å². The zero-order valence-electron chi connectivity index (χ0n) is 11.6. The molecule has 2 rings (SSSR count). The summed E-state index contributed by atoms with van der Waals surface area (Å²) in [7, 11) is 1.72. The molecule has 0 saturated carbocycles. The first-order chi connectivity index (χ1) is 9.22. The lowest BCUT2D eigenvalue weighted by Gasteiger charge is -2.19. The number of hydrogen-bond acceptors (Lipinski definition) is 4. The third-order valence-electron chi connectivity index (χ3n) is 3.09. The molecule has 3 nitrogen and oxygen atoms in total. The summed E-state index contributed by atoms with van der Waals surface area (Å²) in [6.07, 6.45) is 1.86. The third-order valence-corrected chi connectivity index (χ3v) is 3.93. The summed E-state index contributed by atoms with van der Waals surface area (Å²) >= 11 is 1.68. The van der Waals surface area contributed by atoms with Crippen molar-refractivity contribution in [1.82, 2.24) is 10.3 Å². The Bertz CT molecular complexity index is 511. The zero-order chi connectivity index (χ0) is 13.7. The van der Waals surface area contributed by atoms with Gasteiger partial charge >= 0.3 is 0 Å². The minimum Gasteiger partial charge on any atom is -0.383 e. The van der Waals surface area contributed by atoms with E-state index in [4.69, 9.17) is 4.74 Å².